The van der Waals surface area contributed by atoms with E-state index in [1.807, 2.05) is 17.8 Å². The molecule has 0 bridgehead atoms. The molecular formula is C11H17NO2S2. The molecule has 0 saturated carbocycles. The lowest BCUT2D eigenvalue weighted by molar-refractivity contribution is 0.0702. The van der Waals surface area contributed by atoms with E-state index in [1.165, 1.54) is 11.3 Å². The lowest BCUT2D eigenvalue weighted by Gasteiger charge is -2.23. The zero-order valence-corrected chi connectivity index (χ0v) is 11.4. The van der Waals surface area contributed by atoms with Crippen LogP contribution in [0.15, 0.2) is 12.1 Å². The molecule has 3 nitrogen and oxygen atoms in total. The van der Waals surface area contributed by atoms with Gasteiger partial charge in [0.2, 0.25) is 0 Å². The number of hydrogen-bond donors (Lipinski definition) is 1. The number of carboxylic acid groups (broad SMARTS) is 1. The Morgan fingerprint density at radius 1 is 1.62 bits per heavy atom. The Kier molecular flexibility index (Phi) is 5.31. The van der Waals surface area contributed by atoms with Crippen LogP contribution < -0.4 is 0 Å². The Morgan fingerprint density at radius 3 is 2.81 bits per heavy atom. The first-order chi connectivity index (χ1) is 7.54. The molecule has 16 heavy (non-hydrogen) atoms. The molecular weight excluding hydrogens is 242 g/mol. The van der Waals surface area contributed by atoms with Crippen molar-refractivity contribution in [2.75, 3.05) is 19.1 Å². The van der Waals surface area contributed by atoms with Gasteiger partial charge in [0, 0.05) is 23.2 Å². The summed E-state index contributed by atoms with van der Waals surface area (Å²) in [6.07, 6.45) is 2.10. The lowest BCUT2D eigenvalue weighted by atomic mass is 10.3. The van der Waals surface area contributed by atoms with E-state index in [9.17, 15) is 4.79 Å². The molecule has 1 heterocycles. The normalized spacial score (nSPS) is 13.0. The zero-order chi connectivity index (χ0) is 12.1. The molecule has 0 aliphatic rings. The first kappa shape index (κ1) is 13.5. The van der Waals surface area contributed by atoms with E-state index >= 15 is 0 Å². The van der Waals surface area contributed by atoms with Gasteiger partial charge in [0.05, 0.1) is 0 Å². The van der Waals surface area contributed by atoms with Gasteiger partial charge in [-0.15, -0.1) is 11.3 Å². The molecule has 90 valence electrons. The van der Waals surface area contributed by atoms with Crippen molar-refractivity contribution in [1.82, 2.24) is 4.90 Å². The Hall–Kier alpha value is -0.520. The fourth-order valence-electron chi connectivity index (χ4n) is 1.35. The van der Waals surface area contributed by atoms with Crippen LogP contribution in [0.1, 0.15) is 21.5 Å². The van der Waals surface area contributed by atoms with Crippen molar-refractivity contribution in [2.24, 2.45) is 0 Å². The summed E-state index contributed by atoms with van der Waals surface area (Å²) in [5.74, 6) is 0.254. The van der Waals surface area contributed by atoms with Crippen LogP contribution in [-0.2, 0) is 6.54 Å². The summed E-state index contributed by atoms with van der Waals surface area (Å²) < 4.78 is 0. The molecule has 1 unspecified atom stereocenters. The van der Waals surface area contributed by atoms with Crippen molar-refractivity contribution >= 4 is 29.1 Å². The SMILES string of the molecule is CSCC(C)N(C)Cc1ccc(C(=O)O)s1. The van der Waals surface area contributed by atoms with E-state index in [0.717, 1.165) is 17.2 Å². The molecule has 1 rings (SSSR count). The van der Waals surface area contributed by atoms with Crippen LogP contribution in [0.4, 0.5) is 0 Å². The molecule has 0 aliphatic heterocycles. The highest BCUT2D eigenvalue weighted by Crippen LogP contribution is 2.19. The number of thiophene rings is 1. The number of hydrogen-bond acceptors (Lipinski definition) is 4. The monoisotopic (exact) mass is 259 g/mol. The summed E-state index contributed by atoms with van der Waals surface area (Å²) in [7, 11) is 2.07. The van der Waals surface area contributed by atoms with Gasteiger partial charge in [0.1, 0.15) is 4.88 Å². The second-order valence-electron chi connectivity index (χ2n) is 3.79. The number of carbonyl (C=O) groups is 1. The molecule has 0 aliphatic carbocycles. The summed E-state index contributed by atoms with van der Waals surface area (Å²) in [5, 5.41) is 8.82. The molecule has 1 aromatic rings. The van der Waals surface area contributed by atoms with Gasteiger partial charge in [0.15, 0.2) is 0 Å². The summed E-state index contributed by atoms with van der Waals surface area (Å²) >= 11 is 3.18. The predicted molar refractivity (Wildman–Crippen MR) is 70.6 cm³/mol. The van der Waals surface area contributed by atoms with Gasteiger partial charge in [-0.3, -0.25) is 4.90 Å². The Morgan fingerprint density at radius 2 is 2.31 bits per heavy atom. The molecule has 0 aromatic carbocycles. The highest BCUT2D eigenvalue weighted by molar-refractivity contribution is 7.98. The maximum atomic E-state index is 10.7. The van der Waals surface area contributed by atoms with Crippen LogP contribution in [0.2, 0.25) is 0 Å². The second-order valence-corrected chi connectivity index (χ2v) is 5.87. The molecule has 0 radical (unpaired) electrons. The molecule has 0 amide bonds. The highest BCUT2D eigenvalue weighted by Gasteiger charge is 2.12. The minimum absolute atomic E-state index is 0.418. The van der Waals surface area contributed by atoms with Crippen LogP contribution in [-0.4, -0.2) is 41.1 Å². The number of thioether (sulfide) groups is 1. The predicted octanol–water partition coefficient (Wildman–Crippen LogP) is 2.63. The largest absolute Gasteiger partial charge is 0.477 e. The van der Waals surface area contributed by atoms with E-state index in [4.69, 9.17) is 5.11 Å². The zero-order valence-electron chi connectivity index (χ0n) is 9.77. The van der Waals surface area contributed by atoms with Gasteiger partial charge in [-0.25, -0.2) is 4.79 Å². The third kappa shape index (κ3) is 3.81. The fraction of sp³-hybridized carbons (Fsp3) is 0.545. The minimum atomic E-state index is -0.837. The number of rotatable bonds is 6. The van der Waals surface area contributed by atoms with Crippen molar-refractivity contribution in [2.45, 2.75) is 19.5 Å². The molecule has 1 N–H and O–H groups in total. The van der Waals surface area contributed by atoms with Crippen molar-refractivity contribution in [3.05, 3.63) is 21.9 Å². The highest BCUT2D eigenvalue weighted by atomic mass is 32.2. The maximum absolute atomic E-state index is 10.7. The fourth-order valence-corrected chi connectivity index (χ4v) is 2.99. The standard InChI is InChI=1S/C11H17NO2S2/c1-8(7-15-3)12(2)6-9-4-5-10(16-9)11(13)14/h4-5,8H,6-7H2,1-3H3,(H,13,14). The van der Waals surface area contributed by atoms with Crippen LogP contribution in [0, 0.1) is 0 Å². The van der Waals surface area contributed by atoms with Crippen molar-refractivity contribution in [3.63, 3.8) is 0 Å². The van der Waals surface area contributed by atoms with Crippen LogP contribution in [0.5, 0.6) is 0 Å². The molecule has 5 heteroatoms. The molecule has 0 saturated heterocycles. The van der Waals surface area contributed by atoms with E-state index in [0.29, 0.717) is 10.9 Å². The number of nitrogens with zero attached hydrogens (tertiary/aromatic N) is 1. The lowest BCUT2D eigenvalue weighted by Crippen LogP contribution is -2.30. The molecule has 0 spiro atoms. The number of carboxylic acids is 1. The molecule has 1 aromatic heterocycles. The van der Waals surface area contributed by atoms with E-state index < -0.39 is 5.97 Å². The summed E-state index contributed by atoms with van der Waals surface area (Å²) in [6, 6.07) is 4.08. The minimum Gasteiger partial charge on any atom is -0.477 e. The van der Waals surface area contributed by atoms with Gasteiger partial charge >= 0.3 is 5.97 Å². The third-order valence-corrected chi connectivity index (χ3v) is 4.31. The van der Waals surface area contributed by atoms with E-state index in [2.05, 4.69) is 25.1 Å². The summed E-state index contributed by atoms with van der Waals surface area (Å²) in [5.41, 5.74) is 0. The van der Waals surface area contributed by atoms with Gasteiger partial charge < -0.3 is 5.11 Å². The van der Waals surface area contributed by atoms with Gasteiger partial charge in [-0.05, 0) is 32.4 Å². The van der Waals surface area contributed by atoms with Crippen LogP contribution >= 0.6 is 23.1 Å². The second kappa shape index (κ2) is 6.27. The van der Waals surface area contributed by atoms with Crippen LogP contribution in [0.3, 0.4) is 0 Å². The van der Waals surface area contributed by atoms with Crippen molar-refractivity contribution in [1.29, 1.82) is 0 Å². The van der Waals surface area contributed by atoms with E-state index in [1.54, 1.807) is 6.07 Å². The van der Waals surface area contributed by atoms with Crippen molar-refractivity contribution < 1.29 is 9.90 Å². The topological polar surface area (TPSA) is 40.5 Å². The average Bonchev–Trinajstić information content (AvgIpc) is 2.66. The number of aromatic carboxylic acids is 1. The Bertz CT molecular complexity index is 352. The third-order valence-electron chi connectivity index (χ3n) is 2.44. The molecule has 1 atom stereocenters. The quantitative estimate of drug-likeness (QED) is 0.852. The maximum Gasteiger partial charge on any atom is 0.345 e. The first-order valence-corrected chi connectivity index (χ1v) is 7.26. The van der Waals surface area contributed by atoms with Crippen LogP contribution in [0.25, 0.3) is 0 Å². The Balaban J connectivity index is 2.55. The summed E-state index contributed by atoms with van der Waals surface area (Å²) in [4.78, 5) is 14.5. The average molecular weight is 259 g/mol. The van der Waals surface area contributed by atoms with E-state index in [-0.39, 0.29) is 0 Å². The van der Waals surface area contributed by atoms with Gasteiger partial charge in [0.25, 0.3) is 0 Å². The smallest absolute Gasteiger partial charge is 0.345 e. The first-order valence-electron chi connectivity index (χ1n) is 5.05. The Labute approximate surface area is 104 Å². The summed E-state index contributed by atoms with van der Waals surface area (Å²) in [6.45, 7) is 3.00. The van der Waals surface area contributed by atoms with Gasteiger partial charge in [-0.2, -0.15) is 11.8 Å². The van der Waals surface area contributed by atoms with Gasteiger partial charge in [-0.1, -0.05) is 0 Å². The van der Waals surface area contributed by atoms with Crippen molar-refractivity contribution in [3.8, 4) is 0 Å². The molecule has 0 fully saturated rings.